The van der Waals surface area contributed by atoms with E-state index in [0.717, 1.165) is 48.2 Å². The molecule has 3 aromatic carbocycles. The van der Waals surface area contributed by atoms with Crippen molar-refractivity contribution in [3.63, 3.8) is 0 Å². The second kappa shape index (κ2) is 14.7. The number of nitrogens with zero attached hydrogens (tertiary/aromatic N) is 2. The minimum atomic E-state index is -3.94. The number of nitrogens with one attached hydrogen (secondary N) is 1. The molecular formula is C33H38ClN3O5S. The Labute approximate surface area is 259 Å². The first-order valence-electron chi connectivity index (χ1n) is 14.5. The highest BCUT2D eigenvalue weighted by atomic mass is 35.5. The average molecular weight is 624 g/mol. The van der Waals surface area contributed by atoms with E-state index in [0.29, 0.717) is 16.1 Å². The smallest absolute Gasteiger partial charge is 0.244 e. The van der Waals surface area contributed by atoms with Crippen molar-refractivity contribution in [1.29, 1.82) is 0 Å². The van der Waals surface area contributed by atoms with Gasteiger partial charge in [-0.25, -0.2) is 8.42 Å². The van der Waals surface area contributed by atoms with Crippen molar-refractivity contribution in [2.75, 3.05) is 17.1 Å². The number of rotatable bonds is 12. The molecule has 0 aromatic heterocycles. The average Bonchev–Trinajstić information content (AvgIpc) is 2.98. The number of amides is 2. The molecule has 1 N–H and O–H groups in total. The third-order valence-electron chi connectivity index (χ3n) is 7.68. The van der Waals surface area contributed by atoms with Gasteiger partial charge in [0.05, 0.1) is 11.9 Å². The van der Waals surface area contributed by atoms with Gasteiger partial charge in [0.1, 0.15) is 12.6 Å². The molecule has 228 valence electrons. The molecule has 0 bridgehead atoms. The summed E-state index contributed by atoms with van der Waals surface area (Å²) in [5.41, 5.74) is 2.08. The molecule has 43 heavy (non-hydrogen) atoms. The van der Waals surface area contributed by atoms with Crippen LogP contribution in [0.25, 0.3) is 0 Å². The molecule has 4 rings (SSSR count). The summed E-state index contributed by atoms with van der Waals surface area (Å²) in [6.07, 6.45) is 6.19. The van der Waals surface area contributed by atoms with Crippen molar-refractivity contribution in [2.45, 2.75) is 64.1 Å². The van der Waals surface area contributed by atoms with Gasteiger partial charge in [0.15, 0.2) is 5.78 Å². The number of Topliss-reactive ketones (excluding diaryl/α,β-unsaturated/α-hetero) is 1. The monoisotopic (exact) mass is 623 g/mol. The van der Waals surface area contributed by atoms with Gasteiger partial charge in [-0.1, -0.05) is 85.5 Å². The van der Waals surface area contributed by atoms with Crippen LogP contribution in [0.1, 0.15) is 60.5 Å². The summed E-state index contributed by atoms with van der Waals surface area (Å²) in [5, 5.41) is 3.66. The van der Waals surface area contributed by atoms with E-state index in [-0.39, 0.29) is 36.4 Å². The molecule has 1 aliphatic rings. The maximum absolute atomic E-state index is 14.2. The van der Waals surface area contributed by atoms with Gasteiger partial charge in [-0.15, -0.1) is 0 Å². The number of hydrogen-bond donors (Lipinski definition) is 1. The fraction of sp³-hybridized carbons (Fsp3) is 0.364. The lowest BCUT2D eigenvalue weighted by Gasteiger charge is -2.35. The highest BCUT2D eigenvalue weighted by molar-refractivity contribution is 7.92. The number of sulfonamides is 1. The zero-order chi connectivity index (χ0) is 31.0. The molecule has 0 radical (unpaired) electrons. The van der Waals surface area contributed by atoms with E-state index in [1.165, 1.54) is 17.9 Å². The van der Waals surface area contributed by atoms with Gasteiger partial charge in [-0.3, -0.25) is 18.7 Å². The lowest BCUT2D eigenvalue weighted by molar-refractivity contribution is -0.140. The van der Waals surface area contributed by atoms with Crippen molar-refractivity contribution in [2.24, 2.45) is 0 Å². The maximum atomic E-state index is 14.2. The van der Waals surface area contributed by atoms with E-state index in [1.807, 2.05) is 36.4 Å². The van der Waals surface area contributed by atoms with Crippen LogP contribution < -0.4 is 9.62 Å². The molecule has 0 saturated heterocycles. The van der Waals surface area contributed by atoms with Gasteiger partial charge in [0.2, 0.25) is 21.8 Å². The second-order valence-electron chi connectivity index (χ2n) is 11.1. The molecule has 1 unspecified atom stereocenters. The zero-order valence-corrected chi connectivity index (χ0v) is 26.1. The summed E-state index contributed by atoms with van der Waals surface area (Å²) >= 11 is 6.28. The van der Waals surface area contributed by atoms with Crippen molar-refractivity contribution in [3.05, 3.63) is 101 Å². The van der Waals surface area contributed by atoms with Crippen LogP contribution in [-0.4, -0.2) is 55.8 Å². The molecular weight excluding hydrogens is 586 g/mol. The van der Waals surface area contributed by atoms with E-state index >= 15 is 0 Å². The normalized spacial score (nSPS) is 14.5. The Hall–Kier alpha value is -3.69. The number of carbonyl (C=O) groups excluding carboxylic acids is 3. The van der Waals surface area contributed by atoms with Crippen molar-refractivity contribution in [3.8, 4) is 0 Å². The van der Waals surface area contributed by atoms with E-state index in [4.69, 9.17) is 11.6 Å². The Morgan fingerprint density at radius 1 is 0.907 bits per heavy atom. The Bertz CT molecular complexity index is 1540. The first kappa shape index (κ1) is 32.2. The number of anilines is 1. The fourth-order valence-electron chi connectivity index (χ4n) is 5.42. The Morgan fingerprint density at radius 3 is 2.23 bits per heavy atom. The molecule has 8 nitrogen and oxygen atoms in total. The first-order chi connectivity index (χ1) is 20.5. The molecule has 10 heteroatoms. The molecule has 0 heterocycles. The lowest BCUT2D eigenvalue weighted by atomic mass is 9.94. The number of benzene rings is 3. The third kappa shape index (κ3) is 9.15. The van der Waals surface area contributed by atoms with Crippen LogP contribution >= 0.6 is 11.6 Å². The molecule has 1 fully saturated rings. The van der Waals surface area contributed by atoms with Crippen LogP contribution in [0, 0.1) is 0 Å². The topological polar surface area (TPSA) is 104 Å². The second-order valence-corrected chi connectivity index (χ2v) is 13.4. The maximum Gasteiger partial charge on any atom is 0.244 e. The van der Waals surface area contributed by atoms with Gasteiger partial charge in [0, 0.05) is 29.6 Å². The fourth-order valence-corrected chi connectivity index (χ4v) is 6.48. The van der Waals surface area contributed by atoms with Crippen LogP contribution in [0.4, 0.5) is 5.69 Å². The minimum absolute atomic E-state index is 0.0180. The number of ketones is 1. The predicted octanol–water partition coefficient (Wildman–Crippen LogP) is 5.40. The third-order valence-corrected chi connectivity index (χ3v) is 9.06. The van der Waals surface area contributed by atoms with Crippen molar-refractivity contribution < 1.29 is 22.8 Å². The Morgan fingerprint density at radius 2 is 1.58 bits per heavy atom. The number of halogens is 1. The zero-order valence-electron chi connectivity index (χ0n) is 24.5. The van der Waals surface area contributed by atoms with E-state index in [1.54, 1.807) is 36.4 Å². The molecule has 0 aliphatic heterocycles. The summed E-state index contributed by atoms with van der Waals surface area (Å²) < 4.78 is 27.0. The molecule has 1 atom stereocenters. The van der Waals surface area contributed by atoms with E-state index in [2.05, 4.69) is 5.32 Å². The van der Waals surface area contributed by atoms with E-state index < -0.39 is 28.5 Å². The van der Waals surface area contributed by atoms with Gasteiger partial charge in [-0.05, 0) is 55.2 Å². The SMILES string of the molecule is CC(=O)c1cccc(N(CC(=O)N(Cc2cccc(Cl)c2)C(Cc2ccccc2)C(=O)NC2CCCCC2)S(C)(=O)=O)c1. The lowest BCUT2D eigenvalue weighted by Crippen LogP contribution is -2.55. The predicted molar refractivity (Wildman–Crippen MR) is 170 cm³/mol. The van der Waals surface area contributed by atoms with Crippen molar-refractivity contribution in [1.82, 2.24) is 10.2 Å². The Kier molecular flexibility index (Phi) is 11.0. The molecule has 1 saturated carbocycles. The van der Waals surface area contributed by atoms with Gasteiger partial charge in [-0.2, -0.15) is 0 Å². The highest BCUT2D eigenvalue weighted by Crippen LogP contribution is 2.23. The summed E-state index contributed by atoms with van der Waals surface area (Å²) in [4.78, 5) is 41.7. The highest BCUT2D eigenvalue weighted by Gasteiger charge is 2.34. The van der Waals surface area contributed by atoms with Crippen LogP contribution in [0.3, 0.4) is 0 Å². The minimum Gasteiger partial charge on any atom is -0.352 e. The Balaban J connectivity index is 1.73. The van der Waals surface area contributed by atoms with Crippen LogP contribution in [0.5, 0.6) is 0 Å². The quantitative estimate of drug-likeness (QED) is 0.272. The number of hydrogen-bond acceptors (Lipinski definition) is 5. The van der Waals surface area contributed by atoms with E-state index in [9.17, 15) is 22.8 Å². The van der Waals surface area contributed by atoms with Gasteiger partial charge in [0.25, 0.3) is 0 Å². The van der Waals surface area contributed by atoms with Crippen LogP contribution in [0.15, 0.2) is 78.9 Å². The molecule has 2 amide bonds. The van der Waals surface area contributed by atoms with Crippen LogP contribution in [-0.2, 0) is 32.6 Å². The summed E-state index contributed by atoms with van der Waals surface area (Å²) in [6.45, 7) is 0.879. The standard InChI is InChI=1S/C33H38ClN3O5S/c1-24(38)27-14-10-18-30(21-27)37(43(2,41)42)23-32(39)36(22-26-13-9-15-28(34)19-26)31(20-25-11-5-3-6-12-25)33(40)35-29-16-7-4-8-17-29/h3,5-6,9-15,18-19,21,29,31H,4,7-8,16-17,20,22-23H2,1-2H3,(H,35,40). The molecule has 1 aliphatic carbocycles. The molecule has 3 aromatic rings. The van der Waals surface area contributed by atoms with Gasteiger partial charge < -0.3 is 10.2 Å². The number of carbonyl (C=O) groups is 3. The molecule has 0 spiro atoms. The van der Waals surface area contributed by atoms with Crippen molar-refractivity contribution >= 4 is 44.9 Å². The van der Waals surface area contributed by atoms with Crippen LogP contribution in [0.2, 0.25) is 5.02 Å². The summed E-state index contributed by atoms with van der Waals surface area (Å²) in [5.74, 6) is -1.07. The van der Waals surface area contributed by atoms with Gasteiger partial charge >= 0.3 is 0 Å². The first-order valence-corrected chi connectivity index (χ1v) is 16.7. The summed E-state index contributed by atoms with van der Waals surface area (Å²) in [6, 6.07) is 21.7. The largest absolute Gasteiger partial charge is 0.352 e. The summed E-state index contributed by atoms with van der Waals surface area (Å²) in [7, 11) is -3.94.